The van der Waals surface area contributed by atoms with Crippen molar-refractivity contribution in [1.82, 2.24) is 0 Å². The van der Waals surface area contributed by atoms with E-state index in [1.807, 2.05) is 6.92 Å². The third-order valence-electron chi connectivity index (χ3n) is 5.81. The fourth-order valence-electron chi connectivity index (χ4n) is 3.82. The number of hydrogen-bond donors (Lipinski definition) is 2. The van der Waals surface area contributed by atoms with Crippen LogP contribution in [0.5, 0.6) is 0 Å². The van der Waals surface area contributed by atoms with Gasteiger partial charge in [-0.05, 0) is 58.7 Å². The average molecular weight is 481 g/mol. The van der Waals surface area contributed by atoms with Crippen LogP contribution in [0.4, 0.5) is 0 Å². The Morgan fingerprint density at radius 3 is 1.67 bits per heavy atom. The van der Waals surface area contributed by atoms with Crippen molar-refractivity contribution in [3.8, 4) is 11.1 Å². The Hall–Kier alpha value is -2.86. The van der Waals surface area contributed by atoms with E-state index in [4.69, 9.17) is 4.55 Å². The van der Waals surface area contributed by atoms with Crippen LogP contribution in [0.25, 0.3) is 11.1 Å². The van der Waals surface area contributed by atoms with Gasteiger partial charge in [0.05, 0.1) is 4.90 Å². The van der Waals surface area contributed by atoms with E-state index in [1.54, 1.807) is 12.1 Å². The van der Waals surface area contributed by atoms with Crippen LogP contribution in [-0.4, -0.2) is 31.7 Å². The fourth-order valence-corrected chi connectivity index (χ4v) is 7.45. The van der Waals surface area contributed by atoms with Crippen molar-refractivity contribution in [2.45, 2.75) is 21.6 Å². The van der Waals surface area contributed by atoms with Crippen LogP contribution < -0.4 is 0 Å². The molecule has 0 saturated heterocycles. The molecule has 0 radical (unpaired) electrons. The summed E-state index contributed by atoms with van der Waals surface area (Å²) >= 11 is 0. The average Bonchev–Trinajstić information content (AvgIpc) is 2.80. The Balaban J connectivity index is 0.000000235. The maximum atomic E-state index is 10.5. The van der Waals surface area contributed by atoms with Gasteiger partial charge in [0.1, 0.15) is 0 Å². The number of thiol groups is 1. The van der Waals surface area contributed by atoms with E-state index >= 15 is 0 Å². The Kier molecular flexibility index (Phi) is 7.17. The Morgan fingerprint density at radius 1 is 0.636 bits per heavy atom. The Bertz CT molecular complexity index is 1300. The lowest BCUT2D eigenvalue weighted by molar-refractivity contribution is 0.483. The van der Waals surface area contributed by atoms with Crippen LogP contribution in [0.15, 0.2) is 124 Å². The van der Waals surface area contributed by atoms with Gasteiger partial charge in [0.2, 0.25) is 0 Å². The first kappa shape index (κ1) is 24.8. The molecule has 0 unspecified atom stereocenters. The molecule has 33 heavy (non-hydrogen) atoms. The van der Waals surface area contributed by atoms with E-state index < -0.39 is 19.3 Å². The molecule has 0 aliphatic rings. The highest BCUT2D eigenvalue weighted by atomic mass is 32.3. The normalized spacial score (nSPS) is 12.7. The molecule has 0 aliphatic carbocycles. The summed E-state index contributed by atoms with van der Waals surface area (Å²) in [6, 6.07) is 36.5. The van der Waals surface area contributed by atoms with Crippen molar-refractivity contribution in [2.24, 2.45) is 0 Å². The van der Waals surface area contributed by atoms with Gasteiger partial charge in [-0.2, -0.15) is 8.42 Å². The van der Waals surface area contributed by atoms with E-state index in [-0.39, 0.29) is 4.90 Å². The lowest BCUT2D eigenvalue weighted by atomic mass is 10.1. The van der Waals surface area contributed by atoms with Gasteiger partial charge in [0.25, 0.3) is 10.1 Å². The zero-order valence-corrected chi connectivity index (χ0v) is 21.2. The van der Waals surface area contributed by atoms with E-state index in [1.165, 1.54) is 33.1 Å². The van der Waals surface area contributed by atoms with Gasteiger partial charge in [-0.3, -0.25) is 4.55 Å². The second-order valence-electron chi connectivity index (χ2n) is 9.30. The summed E-state index contributed by atoms with van der Waals surface area (Å²) in [4.78, 5) is 2.87. The number of hydrogen-bond acceptors (Lipinski definition) is 2. The smallest absolute Gasteiger partial charge is 0.282 e. The molecule has 3 nitrogen and oxygen atoms in total. The largest absolute Gasteiger partial charge is 0.294 e. The molecule has 0 saturated carbocycles. The minimum absolute atomic E-state index is 0.0666. The van der Waals surface area contributed by atoms with Gasteiger partial charge >= 0.3 is 0 Å². The van der Waals surface area contributed by atoms with Crippen LogP contribution >= 0.6 is 9.16 Å². The first-order valence-electron chi connectivity index (χ1n) is 10.7. The third-order valence-corrected chi connectivity index (χ3v) is 10.9. The second-order valence-corrected chi connectivity index (χ2v) is 17.3. The zero-order chi connectivity index (χ0) is 24.1. The van der Waals surface area contributed by atoms with E-state index in [9.17, 15) is 8.42 Å². The van der Waals surface area contributed by atoms with E-state index in [2.05, 4.69) is 104 Å². The molecule has 4 aromatic rings. The lowest BCUT2D eigenvalue weighted by Gasteiger charge is -2.53. The molecule has 0 heterocycles. The predicted octanol–water partition coefficient (Wildman–Crippen LogP) is 6.98. The fraction of sp³-hybridized carbons (Fsp3) is 0.143. The van der Waals surface area contributed by atoms with Crippen LogP contribution in [0.1, 0.15) is 5.56 Å². The topological polar surface area (TPSA) is 54.4 Å². The van der Waals surface area contributed by atoms with E-state index in [0.29, 0.717) is 0 Å². The summed E-state index contributed by atoms with van der Waals surface area (Å²) in [5.41, 5.74) is 3.61. The number of benzene rings is 4. The summed E-state index contributed by atoms with van der Waals surface area (Å²) in [7, 11) is -6.19. The summed E-state index contributed by atoms with van der Waals surface area (Å²) in [6.07, 6.45) is 7.34. The maximum absolute atomic E-state index is 10.5. The van der Waals surface area contributed by atoms with Gasteiger partial charge in [-0.1, -0.05) is 103 Å². The Morgan fingerprint density at radius 2 is 1.12 bits per heavy atom. The first-order valence-corrected chi connectivity index (χ1v) is 15.7. The SMILES string of the molecule is C[SH](C)(C)(c1ccccc1)c1ccccc1-c1ccccc1.Cc1ccc(S(=O)(=O)O)cc1. The van der Waals surface area contributed by atoms with E-state index in [0.717, 1.165) is 5.56 Å². The quantitative estimate of drug-likeness (QED) is 0.245. The summed E-state index contributed by atoms with van der Waals surface area (Å²) in [6.45, 7) is 1.84. The minimum atomic E-state index is -4.02. The van der Waals surface area contributed by atoms with Gasteiger partial charge in [-0.15, -0.1) is 0 Å². The van der Waals surface area contributed by atoms with Gasteiger partial charge in [0.15, 0.2) is 0 Å². The molecule has 4 rings (SSSR count). The predicted molar refractivity (Wildman–Crippen MR) is 143 cm³/mol. The molecule has 174 valence electrons. The van der Waals surface area contributed by atoms with Gasteiger partial charge < -0.3 is 0 Å². The van der Waals surface area contributed by atoms with Crippen molar-refractivity contribution >= 4 is 19.3 Å². The van der Waals surface area contributed by atoms with Gasteiger partial charge in [0, 0.05) is 0 Å². The third kappa shape index (κ3) is 5.93. The molecule has 1 N–H and O–H groups in total. The molecule has 0 amide bonds. The monoisotopic (exact) mass is 480 g/mol. The lowest BCUT2D eigenvalue weighted by Crippen LogP contribution is -2.15. The van der Waals surface area contributed by atoms with Gasteiger partial charge in [-0.25, -0.2) is 9.16 Å². The van der Waals surface area contributed by atoms with Crippen LogP contribution in [0.2, 0.25) is 0 Å². The number of rotatable bonds is 4. The summed E-state index contributed by atoms with van der Waals surface area (Å²) in [5, 5.41) is 0. The molecule has 0 bridgehead atoms. The highest BCUT2D eigenvalue weighted by Crippen LogP contribution is 2.74. The summed E-state index contributed by atoms with van der Waals surface area (Å²) < 4.78 is 29.6. The number of aryl methyl sites for hydroxylation is 1. The van der Waals surface area contributed by atoms with Crippen LogP contribution in [-0.2, 0) is 10.1 Å². The second kappa shape index (κ2) is 9.56. The minimum Gasteiger partial charge on any atom is -0.282 e. The molecule has 0 spiro atoms. The van der Waals surface area contributed by atoms with Crippen molar-refractivity contribution in [1.29, 1.82) is 0 Å². The standard InChI is InChI=1S/C21H24S.C7H8O3S/c1-22(2,3,19-14-8-5-9-15-19)21-17-11-10-16-20(21)18-12-6-4-7-13-18;1-6-2-4-7(5-3-6)11(8,9)10/h4-17,22H,1-3H3;2-5H,1H3,(H,8,9,10). The van der Waals surface area contributed by atoms with Crippen LogP contribution in [0, 0.1) is 6.92 Å². The molecule has 5 heteroatoms. The molecular weight excluding hydrogens is 448 g/mol. The summed E-state index contributed by atoms with van der Waals surface area (Å²) in [5.74, 6) is 0. The van der Waals surface area contributed by atoms with Crippen molar-refractivity contribution in [2.75, 3.05) is 18.8 Å². The van der Waals surface area contributed by atoms with Crippen molar-refractivity contribution < 1.29 is 13.0 Å². The highest BCUT2D eigenvalue weighted by Gasteiger charge is 2.32. The molecule has 0 aromatic heterocycles. The zero-order valence-electron chi connectivity index (χ0n) is 19.5. The van der Waals surface area contributed by atoms with Crippen molar-refractivity contribution in [3.05, 3.63) is 115 Å². The first-order chi connectivity index (χ1) is 15.5. The molecule has 0 aliphatic heterocycles. The molecule has 0 fully saturated rings. The highest BCUT2D eigenvalue weighted by molar-refractivity contribution is 8.48. The molecule has 0 atom stereocenters. The van der Waals surface area contributed by atoms with Crippen molar-refractivity contribution in [3.63, 3.8) is 0 Å². The Labute approximate surface area is 198 Å². The molecular formula is C28H32O3S2. The van der Waals surface area contributed by atoms with Crippen LogP contribution in [0.3, 0.4) is 0 Å². The maximum Gasteiger partial charge on any atom is 0.294 e. The molecule has 4 aromatic carbocycles.